The number of anilines is 1. The van der Waals surface area contributed by atoms with Gasteiger partial charge in [-0.3, -0.25) is 19.6 Å². The molecule has 2 saturated carbocycles. The minimum absolute atomic E-state index is 0.0455. The molecule has 3 N–H and O–H groups in total. The maximum absolute atomic E-state index is 13.5. The minimum atomic E-state index is -0.550. The van der Waals surface area contributed by atoms with Crippen molar-refractivity contribution in [1.29, 1.82) is 0 Å². The third kappa shape index (κ3) is 4.61. The summed E-state index contributed by atoms with van der Waals surface area (Å²) in [4.78, 5) is 44.1. The molecule has 8 nitrogen and oxygen atoms in total. The van der Waals surface area contributed by atoms with E-state index in [0.717, 1.165) is 38.5 Å². The maximum atomic E-state index is 13.5. The number of hydroxylamine groups is 1. The Bertz CT molecular complexity index is 759. The molecular weight excluding hydrogens is 392 g/mol. The Kier molecular flexibility index (Phi) is 5.87. The average molecular weight is 421 g/mol. The molecule has 1 aliphatic heterocycles. The molecular formula is C20H28N4O4S. The van der Waals surface area contributed by atoms with E-state index >= 15 is 0 Å². The first-order chi connectivity index (χ1) is 14.0. The van der Waals surface area contributed by atoms with E-state index < -0.39 is 17.9 Å². The summed E-state index contributed by atoms with van der Waals surface area (Å²) in [6.07, 6.45) is 9.40. The molecule has 2 heterocycles. The lowest BCUT2D eigenvalue weighted by Gasteiger charge is -2.29. The number of nitrogens with one attached hydrogen (secondary N) is 2. The van der Waals surface area contributed by atoms with Gasteiger partial charge in [0, 0.05) is 30.5 Å². The largest absolute Gasteiger partial charge is 0.330 e. The molecule has 3 amide bonds. The van der Waals surface area contributed by atoms with Gasteiger partial charge in [0.2, 0.25) is 17.7 Å². The molecule has 1 spiro atoms. The molecule has 1 aromatic rings. The molecule has 9 heteroatoms. The predicted molar refractivity (Wildman–Crippen MR) is 107 cm³/mol. The summed E-state index contributed by atoms with van der Waals surface area (Å²) in [5.74, 6) is -0.970. The summed E-state index contributed by atoms with van der Waals surface area (Å²) >= 11 is 1.35. The van der Waals surface area contributed by atoms with Crippen LogP contribution in [0.3, 0.4) is 0 Å². The van der Waals surface area contributed by atoms with Crippen molar-refractivity contribution < 1.29 is 19.6 Å². The summed E-state index contributed by atoms with van der Waals surface area (Å²) in [7, 11) is 0. The monoisotopic (exact) mass is 420 g/mol. The topological polar surface area (TPSA) is 112 Å². The van der Waals surface area contributed by atoms with Gasteiger partial charge in [-0.25, -0.2) is 10.5 Å². The molecule has 1 aromatic heterocycles. The Labute approximate surface area is 174 Å². The predicted octanol–water partition coefficient (Wildman–Crippen LogP) is 2.55. The van der Waals surface area contributed by atoms with E-state index in [1.165, 1.54) is 11.3 Å². The second-order valence-electron chi connectivity index (χ2n) is 8.83. The number of hydrogen-bond donors (Lipinski definition) is 3. The summed E-state index contributed by atoms with van der Waals surface area (Å²) in [6.45, 7) is 0.573. The van der Waals surface area contributed by atoms with Crippen molar-refractivity contribution >= 4 is 34.2 Å². The van der Waals surface area contributed by atoms with Gasteiger partial charge < -0.3 is 10.2 Å². The standard InChI is InChI=1S/C20H28N4O4S/c25-16(23-28)10-14(9-13-3-1-2-4-13)18(27)24-12-20(5-6-20)11-15(24)17(26)22-19-21-7-8-29-19/h7-8,13-15,28H,1-6,9-12H2,(H,23,25)(H,21,22,26). The number of hydrogen-bond acceptors (Lipinski definition) is 6. The average Bonchev–Trinajstić information content (AvgIpc) is 3.13. The lowest BCUT2D eigenvalue weighted by molar-refractivity contribution is -0.144. The summed E-state index contributed by atoms with van der Waals surface area (Å²) in [5, 5.41) is 14.1. The summed E-state index contributed by atoms with van der Waals surface area (Å²) in [5.41, 5.74) is 1.72. The van der Waals surface area contributed by atoms with Crippen molar-refractivity contribution in [3.05, 3.63) is 11.6 Å². The first-order valence-electron chi connectivity index (χ1n) is 10.4. The first kappa shape index (κ1) is 20.3. The van der Waals surface area contributed by atoms with Crippen LogP contribution in [-0.2, 0) is 14.4 Å². The van der Waals surface area contributed by atoms with Crippen molar-refractivity contribution in [1.82, 2.24) is 15.4 Å². The van der Waals surface area contributed by atoms with Crippen LogP contribution < -0.4 is 10.8 Å². The highest BCUT2D eigenvalue weighted by Gasteiger charge is 2.55. The second-order valence-corrected chi connectivity index (χ2v) is 9.73. The highest BCUT2D eigenvalue weighted by atomic mass is 32.1. The van der Waals surface area contributed by atoms with Gasteiger partial charge in [0.1, 0.15) is 6.04 Å². The fraction of sp³-hybridized carbons (Fsp3) is 0.700. The lowest BCUT2D eigenvalue weighted by atomic mass is 9.89. The van der Waals surface area contributed by atoms with Crippen LogP contribution in [0.15, 0.2) is 11.6 Å². The second kappa shape index (κ2) is 8.39. The van der Waals surface area contributed by atoms with Crippen molar-refractivity contribution in [3.63, 3.8) is 0 Å². The van der Waals surface area contributed by atoms with Crippen molar-refractivity contribution in [2.75, 3.05) is 11.9 Å². The fourth-order valence-corrected chi connectivity index (χ4v) is 5.49. The van der Waals surface area contributed by atoms with E-state index in [4.69, 9.17) is 5.21 Å². The van der Waals surface area contributed by atoms with Crippen LogP contribution in [0.1, 0.15) is 57.8 Å². The Morgan fingerprint density at radius 1 is 1.31 bits per heavy atom. The number of rotatable bonds is 7. The van der Waals surface area contributed by atoms with Crippen LogP contribution in [0.2, 0.25) is 0 Å². The molecule has 2 aliphatic carbocycles. The molecule has 4 rings (SSSR count). The zero-order chi connectivity index (χ0) is 20.4. The van der Waals surface area contributed by atoms with Gasteiger partial charge in [0.25, 0.3) is 0 Å². The van der Waals surface area contributed by atoms with Gasteiger partial charge in [-0.2, -0.15) is 0 Å². The third-order valence-electron chi connectivity index (χ3n) is 6.71. The van der Waals surface area contributed by atoms with Crippen LogP contribution >= 0.6 is 11.3 Å². The van der Waals surface area contributed by atoms with E-state index in [0.29, 0.717) is 30.4 Å². The Morgan fingerprint density at radius 2 is 2.07 bits per heavy atom. The Hall–Kier alpha value is -2.00. The fourth-order valence-electron chi connectivity index (χ4n) is 4.96. The molecule has 0 bridgehead atoms. The van der Waals surface area contributed by atoms with E-state index in [1.807, 2.05) is 0 Å². The SMILES string of the molecule is O=C(CC(CC1CCCC1)C(=O)N1CC2(CC2)CC1C(=O)Nc1nccs1)NO. The molecule has 3 fully saturated rings. The zero-order valence-electron chi connectivity index (χ0n) is 16.4. The molecule has 158 valence electrons. The van der Waals surface area contributed by atoms with Gasteiger partial charge in [-0.15, -0.1) is 11.3 Å². The first-order valence-corrected chi connectivity index (χ1v) is 11.3. The van der Waals surface area contributed by atoms with Gasteiger partial charge in [0.05, 0.1) is 0 Å². The molecule has 0 radical (unpaired) electrons. The summed E-state index contributed by atoms with van der Waals surface area (Å²) in [6, 6.07) is -0.530. The normalized spacial score (nSPS) is 23.9. The molecule has 2 atom stereocenters. The van der Waals surface area contributed by atoms with Gasteiger partial charge >= 0.3 is 0 Å². The molecule has 2 unspecified atom stereocenters. The molecule has 29 heavy (non-hydrogen) atoms. The number of carbonyl (C=O) groups excluding carboxylic acids is 3. The van der Waals surface area contributed by atoms with Gasteiger partial charge in [0.15, 0.2) is 5.13 Å². The quantitative estimate of drug-likeness (QED) is 0.464. The number of likely N-dealkylation sites (tertiary alicyclic amines) is 1. The van der Waals surface area contributed by atoms with Crippen molar-refractivity contribution in [2.24, 2.45) is 17.3 Å². The number of carbonyl (C=O) groups is 3. The zero-order valence-corrected chi connectivity index (χ0v) is 17.2. The third-order valence-corrected chi connectivity index (χ3v) is 7.40. The van der Waals surface area contributed by atoms with Gasteiger partial charge in [-0.05, 0) is 37.0 Å². The summed E-state index contributed by atoms with van der Waals surface area (Å²) < 4.78 is 0. The smallest absolute Gasteiger partial charge is 0.248 e. The van der Waals surface area contributed by atoms with Crippen LogP contribution in [0, 0.1) is 17.3 Å². The highest BCUT2D eigenvalue weighted by molar-refractivity contribution is 7.13. The van der Waals surface area contributed by atoms with Gasteiger partial charge in [-0.1, -0.05) is 25.7 Å². The Morgan fingerprint density at radius 3 is 2.69 bits per heavy atom. The van der Waals surface area contributed by atoms with Crippen LogP contribution in [0.25, 0.3) is 0 Å². The Balaban J connectivity index is 1.50. The number of aromatic nitrogens is 1. The number of amides is 3. The highest BCUT2D eigenvalue weighted by Crippen LogP contribution is 2.55. The van der Waals surface area contributed by atoms with E-state index in [9.17, 15) is 14.4 Å². The molecule has 1 saturated heterocycles. The van der Waals surface area contributed by atoms with Crippen LogP contribution in [0.5, 0.6) is 0 Å². The lowest BCUT2D eigenvalue weighted by Crippen LogP contribution is -2.46. The molecule has 0 aromatic carbocycles. The number of nitrogens with zero attached hydrogens (tertiary/aromatic N) is 2. The van der Waals surface area contributed by atoms with Crippen molar-refractivity contribution in [3.8, 4) is 0 Å². The van der Waals surface area contributed by atoms with E-state index in [-0.39, 0.29) is 23.7 Å². The van der Waals surface area contributed by atoms with Crippen molar-refractivity contribution in [2.45, 2.75) is 63.8 Å². The number of thiazole rings is 1. The van der Waals surface area contributed by atoms with E-state index in [1.54, 1.807) is 22.0 Å². The van der Waals surface area contributed by atoms with E-state index in [2.05, 4.69) is 10.3 Å². The molecule has 3 aliphatic rings. The van der Waals surface area contributed by atoms with Crippen LogP contribution in [0.4, 0.5) is 5.13 Å². The maximum Gasteiger partial charge on any atom is 0.248 e. The minimum Gasteiger partial charge on any atom is -0.330 e. The van der Waals surface area contributed by atoms with Crippen LogP contribution in [-0.4, -0.2) is 45.4 Å².